The number of hydrogen-bond donors (Lipinski definition) is 1. The minimum Gasteiger partial charge on any atom is -0.388 e. The maximum absolute atomic E-state index is 10.0. The normalized spacial score (nSPS) is 12.6. The summed E-state index contributed by atoms with van der Waals surface area (Å²) in [5.41, 5.74) is 2.23. The molecule has 1 heteroatoms. The number of aliphatic hydroxyl groups is 1. The van der Waals surface area contributed by atoms with Gasteiger partial charge in [0.15, 0.2) is 0 Å². The molecule has 1 N–H and O–H groups in total. The lowest BCUT2D eigenvalue weighted by atomic mass is 9.96. The van der Waals surface area contributed by atoms with Gasteiger partial charge in [0, 0.05) is 0 Å². The van der Waals surface area contributed by atoms with E-state index in [0.29, 0.717) is 6.42 Å². The van der Waals surface area contributed by atoms with Gasteiger partial charge < -0.3 is 5.11 Å². The van der Waals surface area contributed by atoms with Crippen LogP contribution in [-0.4, -0.2) is 5.11 Å². The van der Waals surface area contributed by atoms with Crippen LogP contribution in [0.5, 0.6) is 0 Å². The van der Waals surface area contributed by atoms with E-state index in [9.17, 15) is 5.11 Å². The van der Waals surface area contributed by atoms with Gasteiger partial charge in [0.2, 0.25) is 0 Å². The quantitative estimate of drug-likeness (QED) is 0.768. The molecule has 0 fully saturated rings. The Kier molecular flexibility index (Phi) is 3.07. The molecule has 2 aromatic rings. The van der Waals surface area contributed by atoms with Gasteiger partial charge in [-0.25, -0.2) is 0 Å². The lowest BCUT2D eigenvalue weighted by Crippen LogP contribution is -1.97. The molecule has 0 heterocycles. The molecule has 0 saturated carbocycles. The maximum atomic E-state index is 10.0. The van der Waals surface area contributed by atoms with Crippen LogP contribution in [0.4, 0.5) is 0 Å². The minimum atomic E-state index is -0.456. The maximum Gasteiger partial charge on any atom is 0.0830 e. The van der Waals surface area contributed by atoms with Gasteiger partial charge in [0.25, 0.3) is 0 Å². The van der Waals surface area contributed by atoms with Crippen molar-refractivity contribution in [1.82, 2.24) is 0 Å². The van der Waals surface area contributed by atoms with Gasteiger partial charge >= 0.3 is 0 Å². The number of benzene rings is 2. The fraction of sp³-hybridized carbons (Fsp3) is 0.200. The fourth-order valence-corrected chi connectivity index (χ4v) is 2.05. The highest BCUT2D eigenvalue weighted by atomic mass is 16.3. The van der Waals surface area contributed by atoms with E-state index in [4.69, 9.17) is 0 Å². The van der Waals surface area contributed by atoms with Crippen LogP contribution < -0.4 is 0 Å². The smallest absolute Gasteiger partial charge is 0.0830 e. The summed E-state index contributed by atoms with van der Waals surface area (Å²) in [5, 5.41) is 12.4. The molecule has 0 aliphatic heterocycles. The standard InChI is InChI=1S/C15H16O/c1-3-6-15(16)14-10-9-11(2)12-7-4-5-8-13(12)14/h3-5,7-10,15-16H,1,6H2,2H3. The highest BCUT2D eigenvalue weighted by Crippen LogP contribution is 2.28. The Morgan fingerprint density at radius 3 is 2.56 bits per heavy atom. The summed E-state index contributed by atoms with van der Waals surface area (Å²) < 4.78 is 0. The van der Waals surface area contributed by atoms with E-state index < -0.39 is 6.10 Å². The molecule has 2 rings (SSSR count). The van der Waals surface area contributed by atoms with E-state index in [1.54, 1.807) is 6.08 Å². The third-order valence-electron chi connectivity index (χ3n) is 2.92. The second-order valence-corrected chi connectivity index (χ2v) is 4.06. The first-order valence-electron chi connectivity index (χ1n) is 5.51. The first kappa shape index (κ1) is 10.9. The molecule has 16 heavy (non-hydrogen) atoms. The lowest BCUT2D eigenvalue weighted by Gasteiger charge is -2.13. The summed E-state index contributed by atoms with van der Waals surface area (Å²) in [6, 6.07) is 12.2. The van der Waals surface area contributed by atoms with Crippen LogP contribution in [0, 0.1) is 6.92 Å². The Hall–Kier alpha value is -1.60. The van der Waals surface area contributed by atoms with Crippen molar-refractivity contribution in [3.63, 3.8) is 0 Å². The van der Waals surface area contributed by atoms with Crippen molar-refractivity contribution < 1.29 is 5.11 Å². The van der Waals surface area contributed by atoms with Crippen molar-refractivity contribution >= 4 is 10.8 Å². The summed E-state index contributed by atoms with van der Waals surface area (Å²) in [6.45, 7) is 5.75. The SMILES string of the molecule is C=CCC(O)c1ccc(C)c2ccccc12. The highest BCUT2D eigenvalue weighted by molar-refractivity contribution is 5.88. The average molecular weight is 212 g/mol. The van der Waals surface area contributed by atoms with E-state index >= 15 is 0 Å². The van der Waals surface area contributed by atoms with E-state index in [1.165, 1.54) is 10.9 Å². The van der Waals surface area contributed by atoms with E-state index in [-0.39, 0.29) is 0 Å². The number of aliphatic hydroxyl groups excluding tert-OH is 1. The van der Waals surface area contributed by atoms with Crippen molar-refractivity contribution in [3.05, 3.63) is 60.2 Å². The Bertz CT molecular complexity index is 514. The van der Waals surface area contributed by atoms with Crippen LogP contribution in [0.25, 0.3) is 10.8 Å². The van der Waals surface area contributed by atoms with E-state index in [2.05, 4.69) is 31.7 Å². The lowest BCUT2D eigenvalue weighted by molar-refractivity contribution is 0.183. The third kappa shape index (κ3) is 1.86. The first-order chi connectivity index (χ1) is 7.74. The molecule has 1 nitrogen and oxygen atoms in total. The van der Waals surface area contributed by atoms with Gasteiger partial charge in [0.05, 0.1) is 6.10 Å². The number of fused-ring (bicyclic) bond motifs is 1. The van der Waals surface area contributed by atoms with Gasteiger partial charge in [0.1, 0.15) is 0 Å². The largest absolute Gasteiger partial charge is 0.388 e. The van der Waals surface area contributed by atoms with Crippen molar-refractivity contribution in [2.45, 2.75) is 19.4 Å². The minimum absolute atomic E-state index is 0.456. The molecule has 0 aliphatic carbocycles. The van der Waals surface area contributed by atoms with Crippen LogP contribution in [0.15, 0.2) is 49.1 Å². The summed E-state index contributed by atoms with van der Waals surface area (Å²) in [7, 11) is 0. The monoisotopic (exact) mass is 212 g/mol. The molecular formula is C15H16O. The summed E-state index contributed by atoms with van der Waals surface area (Å²) in [6.07, 6.45) is 1.88. The van der Waals surface area contributed by atoms with Crippen LogP contribution in [0.1, 0.15) is 23.7 Å². The molecule has 0 saturated heterocycles. The molecule has 0 spiro atoms. The summed E-state index contributed by atoms with van der Waals surface area (Å²) in [4.78, 5) is 0. The van der Waals surface area contributed by atoms with E-state index in [1.807, 2.05) is 18.2 Å². The topological polar surface area (TPSA) is 20.2 Å². The first-order valence-corrected chi connectivity index (χ1v) is 5.51. The Balaban J connectivity index is 2.62. The van der Waals surface area contributed by atoms with Crippen molar-refractivity contribution in [2.24, 2.45) is 0 Å². The second kappa shape index (κ2) is 4.50. The molecular weight excluding hydrogens is 196 g/mol. The fourth-order valence-electron chi connectivity index (χ4n) is 2.05. The van der Waals surface area contributed by atoms with Crippen LogP contribution in [-0.2, 0) is 0 Å². The number of aryl methyl sites for hydroxylation is 1. The Labute approximate surface area is 96.0 Å². The molecule has 0 aliphatic rings. The third-order valence-corrected chi connectivity index (χ3v) is 2.92. The van der Waals surface area contributed by atoms with Gasteiger partial charge in [-0.3, -0.25) is 0 Å². The highest BCUT2D eigenvalue weighted by Gasteiger charge is 2.10. The van der Waals surface area contributed by atoms with Crippen LogP contribution >= 0.6 is 0 Å². The van der Waals surface area contributed by atoms with Gasteiger partial charge in [-0.2, -0.15) is 0 Å². The van der Waals surface area contributed by atoms with Crippen LogP contribution in [0.2, 0.25) is 0 Å². The van der Waals surface area contributed by atoms with Gasteiger partial charge in [-0.05, 0) is 35.2 Å². The van der Waals surface area contributed by atoms with Crippen molar-refractivity contribution in [3.8, 4) is 0 Å². The molecule has 0 bridgehead atoms. The number of hydrogen-bond acceptors (Lipinski definition) is 1. The zero-order valence-electron chi connectivity index (χ0n) is 9.48. The predicted octanol–water partition coefficient (Wildman–Crippen LogP) is 3.76. The second-order valence-electron chi connectivity index (χ2n) is 4.06. The number of rotatable bonds is 3. The summed E-state index contributed by atoms with van der Waals surface area (Å²) in [5.74, 6) is 0. The molecule has 82 valence electrons. The molecule has 0 radical (unpaired) electrons. The zero-order valence-corrected chi connectivity index (χ0v) is 9.48. The Morgan fingerprint density at radius 1 is 1.19 bits per heavy atom. The zero-order chi connectivity index (χ0) is 11.5. The van der Waals surface area contributed by atoms with Gasteiger partial charge in [-0.15, -0.1) is 6.58 Å². The average Bonchev–Trinajstić information content (AvgIpc) is 2.30. The van der Waals surface area contributed by atoms with Crippen LogP contribution in [0.3, 0.4) is 0 Å². The molecule has 2 aromatic carbocycles. The predicted molar refractivity (Wildman–Crippen MR) is 68.5 cm³/mol. The summed E-state index contributed by atoms with van der Waals surface area (Å²) >= 11 is 0. The van der Waals surface area contributed by atoms with Crippen molar-refractivity contribution in [1.29, 1.82) is 0 Å². The molecule has 1 atom stereocenters. The Morgan fingerprint density at radius 2 is 1.88 bits per heavy atom. The van der Waals surface area contributed by atoms with E-state index in [0.717, 1.165) is 10.9 Å². The molecule has 0 aromatic heterocycles. The van der Waals surface area contributed by atoms with Crippen molar-refractivity contribution in [2.75, 3.05) is 0 Å². The van der Waals surface area contributed by atoms with Gasteiger partial charge in [-0.1, -0.05) is 42.5 Å². The molecule has 1 unspecified atom stereocenters. The molecule has 0 amide bonds.